The van der Waals surface area contributed by atoms with Crippen LogP contribution in [0.4, 0.5) is 5.69 Å². The molecule has 144 valence electrons. The number of carbonyl (C=O) groups is 1. The average molecular weight is 409 g/mol. The second-order valence-corrected chi connectivity index (χ2v) is 8.74. The van der Waals surface area contributed by atoms with Crippen LogP contribution in [0.5, 0.6) is 0 Å². The number of aromatic amines is 1. The molecule has 2 heterocycles. The number of sulfonamides is 1. The highest BCUT2D eigenvalue weighted by Crippen LogP contribution is 2.30. The molecule has 0 atom stereocenters. The number of aryl methyl sites for hydroxylation is 1. The summed E-state index contributed by atoms with van der Waals surface area (Å²) in [6.45, 7) is 2.48. The molecule has 0 unspecified atom stereocenters. The van der Waals surface area contributed by atoms with E-state index in [0.29, 0.717) is 35.9 Å². The van der Waals surface area contributed by atoms with Crippen LogP contribution < -0.4 is 15.6 Å². The molecule has 0 spiro atoms. The van der Waals surface area contributed by atoms with Gasteiger partial charge < -0.3 is 9.88 Å². The molecule has 0 saturated carbocycles. The number of hydrogen-bond acceptors (Lipinski definition) is 6. The molecule has 0 radical (unpaired) electrons. The number of nitrogens with zero attached hydrogens (tertiary/aromatic N) is 2. The van der Waals surface area contributed by atoms with Crippen LogP contribution in [0.1, 0.15) is 24.6 Å². The van der Waals surface area contributed by atoms with Crippen molar-refractivity contribution in [1.29, 1.82) is 0 Å². The van der Waals surface area contributed by atoms with Gasteiger partial charge in [-0.2, -0.15) is 0 Å². The summed E-state index contributed by atoms with van der Waals surface area (Å²) in [4.78, 5) is 33.0. The number of fused-ring (bicyclic) bond motifs is 1. The third-order valence-electron chi connectivity index (χ3n) is 4.19. The number of nitrogens with one attached hydrogen (secondary N) is 1. The number of benzene rings is 1. The van der Waals surface area contributed by atoms with E-state index in [4.69, 9.17) is 5.14 Å². The van der Waals surface area contributed by atoms with Crippen molar-refractivity contribution >= 4 is 33.4 Å². The van der Waals surface area contributed by atoms with E-state index in [-0.39, 0.29) is 22.1 Å². The number of nitrogens with two attached hydrogens (primary N) is 1. The maximum atomic E-state index is 12.6. The molecular weight excluding hydrogens is 388 g/mol. The number of amides is 1. The molecule has 8 nitrogen and oxygen atoms in total. The SMILES string of the molecule is CCCc1cc(=O)[nH]c(SCC(=O)N2CCc3cc(S(N)(=O)=O)ccc32)n1. The van der Waals surface area contributed by atoms with Crippen molar-refractivity contribution in [3.8, 4) is 0 Å². The number of primary sulfonamides is 1. The minimum absolute atomic E-state index is 0.0411. The maximum Gasteiger partial charge on any atom is 0.251 e. The molecule has 0 fully saturated rings. The summed E-state index contributed by atoms with van der Waals surface area (Å²) < 4.78 is 22.9. The maximum absolute atomic E-state index is 12.6. The van der Waals surface area contributed by atoms with Crippen molar-refractivity contribution in [2.24, 2.45) is 5.14 Å². The lowest BCUT2D eigenvalue weighted by Crippen LogP contribution is -2.30. The first kappa shape index (κ1) is 19.6. The van der Waals surface area contributed by atoms with Crippen LogP contribution in [0.3, 0.4) is 0 Å². The summed E-state index contributed by atoms with van der Waals surface area (Å²) in [6, 6.07) is 5.99. The van der Waals surface area contributed by atoms with Crippen molar-refractivity contribution in [1.82, 2.24) is 9.97 Å². The Kier molecular flexibility index (Phi) is 5.68. The van der Waals surface area contributed by atoms with Gasteiger partial charge in [0, 0.05) is 24.0 Å². The summed E-state index contributed by atoms with van der Waals surface area (Å²) in [5.74, 6) is -0.0137. The Morgan fingerprint density at radius 1 is 1.37 bits per heavy atom. The molecule has 1 aromatic heterocycles. The van der Waals surface area contributed by atoms with Gasteiger partial charge in [0.1, 0.15) is 0 Å². The number of aromatic nitrogens is 2. The molecule has 3 N–H and O–H groups in total. The highest BCUT2D eigenvalue weighted by molar-refractivity contribution is 7.99. The van der Waals surface area contributed by atoms with Crippen LogP contribution in [0, 0.1) is 0 Å². The molecule has 1 aliphatic rings. The standard InChI is InChI=1S/C17H20N4O4S2/c1-2-3-12-9-15(22)20-17(19-12)26-10-16(23)21-7-6-11-8-13(27(18,24)25)4-5-14(11)21/h4-5,8-9H,2-3,6-7,10H2,1H3,(H2,18,24,25)(H,19,20,22). The molecule has 0 bridgehead atoms. The van der Waals surface area contributed by atoms with E-state index in [1.54, 1.807) is 11.0 Å². The van der Waals surface area contributed by atoms with Crippen LogP contribution in [-0.4, -0.2) is 36.6 Å². The van der Waals surface area contributed by atoms with E-state index in [0.717, 1.165) is 12.0 Å². The fraction of sp³-hybridized carbons (Fsp3) is 0.353. The van der Waals surface area contributed by atoms with Crippen LogP contribution in [0.2, 0.25) is 0 Å². The number of rotatable bonds is 6. The lowest BCUT2D eigenvalue weighted by atomic mass is 10.2. The fourth-order valence-corrected chi connectivity index (χ4v) is 4.29. The Bertz CT molecular complexity index is 1030. The zero-order valence-corrected chi connectivity index (χ0v) is 16.4. The summed E-state index contributed by atoms with van der Waals surface area (Å²) >= 11 is 1.18. The Morgan fingerprint density at radius 3 is 2.85 bits per heavy atom. The highest BCUT2D eigenvalue weighted by Gasteiger charge is 2.26. The van der Waals surface area contributed by atoms with Gasteiger partial charge in [0.15, 0.2) is 5.16 Å². The van der Waals surface area contributed by atoms with Crippen molar-refractivity contribution in [3.63, 3.8) is 0 Å². The minimum atomic E-state index is -3.77. The normalized spacial score (nSPS) is 13.6. The Hall–Kier alpha value is -2.17. The molecule has 10 heteroatoms. The van der Waals surface area contributed by atoms with Gasteiger partial charge in [0.2, 0.25) is 15.9 Å². The first-order chi connectivity index (χ1) is 12.8. The molecule has 1 amide bonds. The highest BCUT2D eigenvalue weighted by atomic mass is 32.2. The van der Waals surface area contributed by atoms with Gasteiger partial charge >= 0.3 is 0 Å². The average Bonchev–Trinajstić information content (AvgIpc) is 3.02. The largest absolute Gasteiger partial charge is 0.311 e. The van der Waals surface area contributed by atoms with Crippen LogP contribution in [-0.2, 0) is 27.7 Å². The summed E-state index contributed by atoms with van der Waals surface area (Å²) in [6.07, 6.45) is 2.15. The van der Waals surface area contributed by atoms with Crippen LogP contribution in [0.25, 0.3) is 0 Å². The van der Waals surface area contributed by atoms with Gasteiger partial charge in [-0.1, -0.05) is 25.1 Å². The quantitative estimate of drug-likeness (QED) is 0.543. The zero-order valence-electron chi connectivity index (χ0n) is 14.8. The number of hydrogen-bond donors (Lipinski definition) is 2. The lowest BCUT2D eigenvalue weighted by molar-refractivity contribution is -0.116. The minimum Gasteiger partial charge on any atom is -0.311 e. The van der Waals surface area contributed by atoms with Gasteiger partial charge in [-0.3, -0.25) is 9.59 Å². The van der Waals surface area contributed by atoms with E-state index in [2.05, 4.69) is 9.97 Å². The second-order valence-electron chi connectivity index (χ2n) is 6.21. The van der Waals surface area contributed by atoms with Crippen molar-refractivity contribution in [3.05, 3.63) is 45.9 Å². The predicted octanol–water partition coefficient (Wildman–Crippen LogP) is 1.05. The Labute approximate surface area is 161 Å². The number of thioether (sulfide) groups is 1. The lowest BCUT2D eigenvalue weighted by Gasteiger charge is -2.17. The summed E-state index contributed by atoms with van der Waals surface area (Å²) in [5, 5.41) is 5.58. The van der Waals surface area contributed by atoms with Gasteiger partial charge in [0.25, 0.3) is 5.56 Å². The fourth-order valence-electron chi connectivity index (χ4n) is 2.96. The van der Waals surface area contributed by atoms with E-state index in [1.807, 2.05) is 6.92 Å². The molecule has 27 heavy (non-hydrogen) atoms. The molecule has 0 saturated heterocycles. The van der Waals surface area contributed by atoms with Gasteiger partial charge in [0.05, 0.1) is 10.6 Å². The van der Waals surface area contributed by atoms with Crippen molar-refractivity contribution in [2.75, 3.05) is 17.2 Å². The smallest absolute Gasteiger partial charge is 0.251 e. The molecule has 3 rings (SSSR count). The molecule has 1 aliphatic heterocycles. The Balaban J connectivity index is 1.71. The number of anilines is 1. The van der Waals surface area contributed by atoms with E-state index in [1.165, 1.54) is 30.0 Å². The number of carbonyl (C=O) groups excluding carboxylic acids is 1. The molecule has 2 aromatic rings. The summed E-state index contributed by atoms with van der Waals surface area (Å²) in [7, 11) is -3.77. The van der Waals surface area contributed by atoms with E-state index < -0.39 is 10.0 Å². The van der Waals surface area contributed by atoms with Crippen LogP contribution in [0.15, 0.2) is 39.1 Å². The van der Waals surface area contributed by atoms with Gasteiger partial charge in [-0.15, -0.1) is 0 Å². The van der Waals surface area contributed by atoms with E-state index in [9.17, 15) is 18.0 Å². The third-order valence-corrected chi connectivity index (χ3v) is 5.96. The second kappa shape index (κ2) is 7.83. The monoisotopic (exact) mass is 408 g/mol. The zero-order chi connectivity index (χ0) is 19.6. The third kappa shape index (κ3) is 4.57. The summed E-state index contributed by atoms with van der Waals surface area (Å²) in [5.41, 5.74) is 1.94. The predicted molar refractivity (Wildman–Crippen MR) is 103 cm³/mol. The topological polar surface area (TPSA) is 126 Å². The van der Waals surface area contributed by atoms with Gasteiger partial charge in [-0.25, -0.2) is 18.5 Å². The van der Waals surface area contributed by atoms with Crippen molar-refractivity contribution < 1.29 is 13.2 Å². The van der Waals surface area contributed by atoms with E-state index >= 15 is 0 Å². The molecule has 0 aliphatic carbocycles. The van der Waals surface area contributed by atoms with Crippen molar-refractivity contribution in [2.45, 2.75) is 36.2 Å². The number of H-pyrrole nitrogens is 1. The first-order valence-corrected chi connectivity index (χ1v) is 11.0. The molecular formula is C17H20N4O4S2. The first-order valence-electron chi connectivity index (χ1n) is 8.47. The molecule has 1 aromatic carbocycles. The van der Waals surface area contributed by atoms with Crippen LogP contribution >= 0.6 is 11.8 Å². The Morgan fingerprint density at radius 2 is 2.15 bits per heavy atom. The van der Waals surface area contributed by atoms with Gasteiger partial charge in [-0.05, 0) is 36.6 Å².